The summed E-state index contributed by atoms with van der Waals surface area (Å²) in [6.07, 6.45) is 0. The molecule has 2 aromatic carbocycles. The summed E-state index contributed by atoms with van der Waals surface area (Å²) in [6, 6.07) is 15.0. The summed E-state index contributed by atoms with van der Waals surface area (Å²) >= 11 is 3.89. The van der Waals surface area contributed by atoms with Crippen molar-refractivity contribution < 1.29 is 4.74 Å². The Hall–Kier alpha value is -1.28. The van der Waals surface area contributed by atoms with Gasteiger partial charge >= 0.3 is 0 Å². The summed E-state index contributed by atoms with van der Waals surface area (Å²) in [5, 5.41) is 0. The second kappa shape index (κ2) is 5.01. The van der Waals surface area contributed by atoms with Crippen LogP contribution in [0.1, 0.15) is 33.0 Å². The van der Waals surface area contributed by atoms with Gasteiger partial charge in [-0.15, -0.1) is 0 Å². The smallest absolute Gasteiger partial charge is 0.122 e. The molecule has 0 saturated carbocycles. The first-order chi connectivity index (χ1) is 9.16. The van der Waals surface area contributed by atoms with Crippen LogP contribution in [0.5, 0.6) is 5.75 Å². The van der Waals surface area contributed by atoms with E-state index in [9.17, 15) is 0 Å². The Morgan fingerprint density at radius 2 is 1.95 bits per heavy atom. The van der Waals surface area contributed by atoms with Gasteiger partial charge in [0.2, 0.25) is 0 Å². The molecule has 0 bridgehead atoms. The van der Waals surface area contributed by atoms with E-state index in [2.05, 4.69) is 66.2 Å². The van der Waals surface area contributed by atoms with Crippen LogP contribution in [0.4, 0.5) is 0 Å². The van der Waals surface area contributed by atoms with Crippen LogP contribution in [0.15, 0.2) is 42.5 Å². The minimum Gasteiger partial charge on any atom is -0.493 e. The van der Waals surface area contributed by atoms with E-state index in [0.29, 0.717) is 10.7 Å². The molecule has 19 heavy (non-hydrogen) atoms. The minimum atomic E-state index is 0.302. The lowest BCUT2D eigenvalue weighted by molar-refractivity contribution is 0.329. The number of hydrogen-bond donors (Lipinski definition) is 0. The molecule has 2 heteroatoms. The molecule has 2 atom stereocenters. The van der Waals surface area contributed by atoms with Crippen molar-refractivity contribution in [3.63, 3.8) is 0 Å². The van der Waals surface area contributed by atoms with Gasteiger partial charge in [0.15, 0.2) is 0 Å². The van der Waals surface area contributed by atoms with E-state index in [1.165, 1.54) is 22.3 Å². The van der Waals surface area contributed by atoms with Crippen LogP contribution in [-0.4, -0.2) is 6.61 Å². The molecule has 98 valence electrons. The number of benzene rings is 2. The maximum atomic E-state index is 5.79. The average Bonchev–Trinajstić information content (AvgIpc) is 2.84. The number of alkyl halides is 1. The molecular formula is C17H17BrO. The quantitative estimate of drug-likeness (QED) is 0.715. The predicted molar refractivity (Wildman–Crippen MR) is 82.3 cm³/mol. The van der Waals surface area contributed by atoms with Crippen LogP contribution in [0.25, 0.3) is 0 Å². The van der Waals surface area contributed by atoms with Gasteiger partial charge in [0.1, 0.15) is 5.75 Å². The summed E-state index contributed by atoms with van der Waals surface area (Å²) in [6.45, 7) is 5.06. The van der Waals surface area contributed by atoms with E-state index in [4.69, 9.17) is 4.74 Å². The van der Waals surface area contributed by atoms with E-state index in [0.717, 1.165) is 12.4 Å². The van der Waals surface area contributed by atoms with Gasteiger partial charge in [0.05, 0.1) is 11.4 Å². The molecule has 0 spiro atoms. The highest BCUT2D eigenvalue weighted by molar-refractivity contribution is 9.09. The lowest BCUT2D eigenvalue weighted by Gasteiger charge is -2.19. The molecule has 0 amide bonds. The van der Waals surface area contributed by atoms with Crippen molar-refractivity contribution >= 4 is 15.9 Å². The van der Waals surface area contributed by atoms with Gasteiger partial charge in [-0.25, -0.2) is 0 Å². The first-order valence-corrected chi connectivity index (χ1v) is 7.51. The molecule has 0 fully saturated rings. The number of para-hydroxylation sites is 1. The summed E-state index contributed by atoms with van der Waals surface area (Å²) < 4.78 is 5.79. The van der Waals surface area contributed by atoms with Gasteiger partial charge in [-0.1, -0.05) is 57.9 Å². The Balaban J connectivity index is 1.97. The molecule has 1 heterocycles. The molecule has 1 aliphatic heterocycles. The largest absolute Gasteiger partial charge is 0.493 e. The molecule has 2 aromatic rings. The van der Waals surface area contributed by atoms with Crippen molar-refractivity contribution in [2.24, 2.45) is 0 Å². The summed E-state index contributed by atoms with van der Waals surface area (Å²) in [5.74, 6) is 1.42. The Morgan fingerprint density at radius 1 is 1.16 bits per heavy atom. The SMILES string of the molecule is Cc1ccc(C)c(C(Br)C2COc3ccccc32)c1. The number of ether oxygens (including phenoxy) is 1. The van der Waals surface area contributed by atoms with Gasteiger partial charge in [0.25, 0.3) is 0 Å². The number of hydrogen-bond acceptors (Lipinski definition) is 1. The zero-order chi connectivity index (χ0) is 13.4. The fourth-order valence-electron chi connectivity index (χ4n) is 2.70. The van der Waals surface area contributed by atoms with E-state index < -0.39 is 0 Å². The van der Waals surface area contributed by atoms with Crippen molar-refractivity contribution in [2.45, 2.75) is 24.6 Å². The highest BCUT2D eigenvalue weighted by atomic mass is 79.9. The number of fused-ring (bicyclic) bond motifs is 1. The zero-order valence-electron chi connectivity index (χ0n) is 11.2. The third kappa shape index (κ3) is 2.30. The number of aryl methyl sites for hydroxylation is 2. The zero-order valence-corrected chi connectivity index (χ0v) is 12.8. The Bertz CT molecular complexity index is 606. The summed E-state index contributed by atoms with van der Waals surface area (Å²) in [7, 11) is 0. The fourth-order valence-corrected chi connectivity index (χ4v) is 3.63. The lowest BCUT2D eigenvalue weighted by Crippen LogP contribution is -2.09. The van der Waals surface area contributed by atoms with Crippen LogP contribution in [0.2, 0.25) is 0 Å². The molecule has 0 aliphatic carbocycles. The van der Waals surface area contributed by atoms with Crippen molar-refractivity contribution in [1.29, 1.82) is 0 Å². The van der Waals surface area contributed by atoms with E-state index in [-0.39, 0.29) is 0 Å². The van der Waals surface area contributed by atoms with Gasteiger partial charge in [-0.05, 0) is 31.0 Å². The summed E-state index contributed by atoms with van der Waals surface area (Å²) in [5.41, 5.74) is 5.31. The van der Waals surface area contributed by atoms with E-state index >= 15 is 0 Å². The second-order valence-electron chi connectivity index (χ2n) is 5.22. The molecule has 2 unspecified atom stereocenters. The highest BCUT2D eigenvalue weighted by Crippen LogP contribution is 2.46. The van der Waals surface area contributed by atoms with Crippen LogP contribution < -0.4 is 4.74 Å². The molecule has 0 N–H and O–H groups in total. The minimum absolute atomic E-state index is 0.302. The Kier molecular flexibility index (Phi) is 3.36. The van der Waals surface area contributed by atoms with Crippen LogP contribution >= 0.6 is 15.9 Å². The predicted octanol–water partition coefficient (Wildman–Crippen LogP) is 4.92. The molecule has 0 aromatic heterocycles. The normalized spacial score (nSPS) is 18.8. The third-order valence-corrected chi connectivity index (χ3v) is 4.95. The molecular weight excluding hydrogens is 300 g/mol. The molecule has 3 rings (SSSR count). The second-order valence-corrected chi connectivity index (χ2v) is 6.20. The molecule has 1 nitrogen and oxygen atoms in total. The van der Waals surface area contributed by atoms with Crippen molar-refractivity contribution in [3.05, 3.63) is 64.7 Å². The standard InChI is InChI=1S/C17H17BrO/c1-11-7-8-12(2)14(9-11)17(18)15-10-19-16-6-4-3-5-13(15)16/h3-9,15,17H,10H2,1-2H3. The monoisotopic (exact) mass is 316 g/mol. The van der Waals surface area contributed by atoms with E-state index in [1.807, 2.05) is 6.07 Å². The van der Waals surface area contributed by atoms with E-state index in [1.54, 1.807) is 0 Å². The topological polar surface area (TPSA) is 9.23 Å². The van der Waals surface area contributed by atoms with Gasteiger partial charge in [0, 0.05) is 11.5 Å². The van der Waals surface area contributed by atoms with Crippen molar-refractivity contribution in [2.75, 3.05) is 6.61 Å². The van der Waals surface area contributed by atoms with Crippen molar-refractivity contribution in [1.82, 2.24) is 0 Å². The number of rotatable bonds is 2. The molecule has 1 aliphatic rings. The van der Waals surface area contributed by atoms with Gasteiger partial charge < -0.3 is 4.74 Å². The molecule has 0 radical (unpaired) electrons. The van der Waals surface area contributed by atoms with Crippen molar-refractivity contribution in [3.8, 4) is 5.75 Å². The fraction of sp³-hybridized carbons (Fsp3) is 0.294. The summed E-state index contributed by atoms with van der Waals surface area (Å²) in [4.78, 5) is 0.302. The number of halogens is 1. The maximum Gasteiger partial charge on any atom is 0.122 e. The van der Waals surface area contributed by atoms with Gasteiger partial charge in [-0.3, -0.25) is 0 Å². The van der Waals surface area contributed by atoms with Gasteiger partial charge in [-0.2, -0.15) is 0 Å². The highest BCUT2D eigenvalue weighted by Gasteiger charge is 2.31. The lowest BCUT2D eigenvalue weighted by atomic mass is 9.91. The molecule has 0 saturated heterocycles. The van der Waals surface area contributed by atoms with Crippen LogP contribution in [0, 0.1) is 13.8 Å². The maximum absolute atomic E-state index is 5.79. The Morgan fingerprint density at radius 3 is 2.79 bits per heavy atom. The van der Waals surface area contributed by atoms with Crippen LogP contribution in [0.3, 0.4) is 0 Å². The van der Waals surface area contributed by atoms with Crippen LogP contribution in [-0.2, 0) is 0 Å². The first kappa shape index (κ1) is 12.7. The Labute approximate surface area is 122 Å². The first-order valence-electron chi connectivity index (χ1n) is 6.60. The average molecular weight is 317 g/mol. The third-order valence-electron chi connectivity index (χ3n) is 3.82.